The number of anilines is 2. The first kappa shape index (κ1) is 18.5. The van der Waals surface area contributed by atoms with E-state index in [2.05, 4.69) is 22.2 Å². The van der Waals surface area contributed by atoms with Crippen molar-refractivity contribution in [1.82, 2.24) is 14.5 Å². The summed E-state index contributed by atoms with van der Waals surface area (Å²) in [6.07, 6.45) is 2.56. The van der Waals surface area contributed by atoms with Crippen LogP contribution in [0, 0.1) is 0 Å². The summed E-state index contributed by atoms with van der Waals surface area (Å²) in [6.45, 7) is 2.08. The van der Waals surface area contributed by atoms with E-state index in [1.165, 1.54) is 0 Å². The third kappa shape index (κ3) is 3.50. The molecule has 0 bridgehead atoms. The van der Waals surface area contributed by atoms with Crippen LogP contribution in [0.5, 0.6) is 5.75 Å². The third-order valence-corrected chi connectivity index (χ3v) is 4.76. The number of carbonyl (C=O) groups excluding carboxylic acids is 1. The highest BCUT2D eigenvalue weighted by Gasteiger charge is 2.15. The van der Waals surface area contributed by atoms with E-state index >= 15 is 0 Å². The zero-order valence-corrected chi connectivity index (χ0v) is 16.2. The van der Waals surface area contributed by atoms with Gasteiger partial charge in [0.15, 0.2) is 0 Å². The monoisotopic (exact) mass is 387 g/mol. The van der Waals surface area contributed by atoms with Crippen LogP contribution in [0.15, 0.2) is 60.9 Å². The molecule has 2 aromatic heterocycles. The van der Waals surface area contributed by atoms with Gasteiger partial charge in [0.25, 0.3) is 5.91 Å². The van der Waals surface area contributed by atoms with Crippen molar-refractivity contribution >= 4 is 28.4 Å². The number of pyridine rings is 1. The number of nitrogens with one attached hydrogen (secondary N) is 1. The van der Waals surface area contributed by atoms with Crippen molar-refractivity contribution in [3.63, 3.8) is 0 Å². The second-order valence-electron chi connectivity index (χ2n) is 6.54. The zero-order valence-electron chi connectivity index (χ0n) is 16.2. The average molecular weight is 387 g/mol. The van der Waals surface area contributed by atoms with Crippen LogP contribution in [-0.4, -0.2) is 27.6 Å². The van der Waals surface area contributed by atoms with E-state index in [9.17, 15) is 4.79 Å². The minimum absolute atomic E-state index is 0.313. The van der Waals surface area contributed by atoms with Crippen LogP contribution in [-0.2, 0) is 6.42 Å². The number of primary amides is 1. The number of para-hydroxylation sites is 1. The van der Waals surface area contributed by atoms with Gasteiger partial charge in [0, 0.05) is 11.8 Å². The molecule has 0 saturated carbocycles. The number of carbonyl (C=O) groups is 1. The number of hydrogen-bond acceptors (Lipinski definition) is 5. The second kappa shape index (κ2) is 7.63. The topological polar surface area (TPSA) is 95.1 Å². The van der Waals surface area contributed by atoms with Crippen LogP contribution in [0.25, 0.3) is 16.9 Å². The van der Waals surface area contributed by atoms with Crippen LogP contribution < -0.4 is 15.8 Å². The number of rotatable bonds is 6. The van der Waals surface area contributed by atoms with E-state index in [-0.39, 0.29) is 0 Å². The number of aryl methyl sites for hydroxylation is 1. The zero-order chi connectivity index (χ0) is 20.4. The Bertz CT molecular complexity index is 1180. The Morgan fingerprint density at radius 2 is 1.97 bits per heavy atom. The Labute approximate surface area is 168 Å². The maximum atomic E-state index is 11.9. The summed E-state index contributed by atoms with van der Waals surface area (Å²) in [6, 6.07) is 16.9. The van der Waals surface area contributed by atoms with Gasteiger partial charge in [0.1, 0.15) is 23.7 Å². The molecule has 0 saturated heterocycles. The Kier molecular flexibility index (Phi) is 4.87. The molecule has 0 radical (unpaired) electrons. The fourth-order valence-electron chi connectivity index (χ4n) is 3.26. The Morgan fingerprint density at radius 3 is 2.66 bits per heavy atom. The standard InChI is InChI=1S/C22H21N5O2/c1-3-14-11-17-18(12-19(14)29-2)27(13-24-17)20-10-9-16(21(23)28)22(26-20)25-15-7-5-4-6-8-15/h4-13H,3H2,1-2H3,(H2,23,28)(H,25,26). The average Bonchev–Trinajstić information content (AvgIpc) is 3.16. The minimum Gasteiger partial charge on any atom is -0.496 e. The van der Waals surface area contributed by atoms with Crippen LogP contribution >= 0.6 is 0 Å². The van der Waals surface area contributed by atoms with Gasteiger partial charge in [-0.3, -0.25) is 9.36 Å². The van der Waals surface area contributed by atoms with E-state index < -0.39 is 5.91 Å². The molecule has 146 valence electrons. The number of benzene rings is 2. The molecule has 0 unspecified atom stereocenters. The first-order valence-electron chi connectivity index (χ1n) is 9.28. The number of amides is 1. The number of nitrogens with zero attached hydrogens (tertiary/aromatic N) is 3. The lowest BCUT2D eigenvalue weighted by atomic mass is 10.1. The smallest absolute Gasteiger partial charge is 0.252 e. The van der Waals surface area contributed by atoms with Gasteiger partial charge in [-0.05, 0) is 42.3 Å². The Hall–Kier alpha value is -3.87. The van der Waals surface area contributed by atoms with Crippen LogP contribution in [0.2, 0.25) is 0 Å². The number of ether oxygens (including phenoxy) is 1. The van der Waals surface area contributed by atoms with Crippen molar-refractivity contribution in [3.05, 3.63) is 72.1 Å². The van der Waals surface area contributed by atoms with Gasteiger partial charge in [-0.1, -0.05) is 25.1 Å². The van der Waals surface area contributed by atoms with E-state index in [0.29, 0.717) is 17.2 Å². The van der Waals surface area contributed by atoms with E-state index in [1.807, 2.05) is 47.0 Å². The molecule has 0 atom stereocenters. The summed E-state index contributed by atoms with van der Waals surface area (Å²) >= 11 is 0. The van der Waals surface area contributed by atoms with E-state index in [1.54, 1.807) is 25.6 Å². The van der Waals surface area contributed by atoms with Crippen LogP contribution in [0.4, 0.5) is 11.5 Å². The molecule has 7 heteroatoms. The van der Waals surface area contributed by atoms with Gasteiger partial charge in [-0.25, -0.2) is 9.97 Å². The highest BCUT2D eigenvalue weighted by Crippen LogP contribution is 2.28. The van der Waals surface area contributed by atoms with Crippen molar-refractivity contribution in [1.29, 1.82) is 0 Å². The number of hydrogen-bond donors (Lipinski definition) is 2. The first-order chi connectivity index (χ1) is 14.1. The van der Waals surface area contributed by atoms with E-state index in [4.69, 9.17) is 10.5 Å². The molecule has 4 aromatic rings. The second-order valence-corrected chi connectivity index (χ2v) is 6.54. The Balaban J connectivity index is 1.83. The lowest BCUT2D eigenvalue weighted by Gasteiger charge is -2.12. The maximum Gasteiger partial charge on any atom is 0.252 e. The molecule has 3 N–H and O–H groups in total. The summed E-state index contributed by atoms with van der Waals surface area (Å²) in [5.41, 5.74) is 9.47. The number of fused-ring (bicyclic) bond motifs is 1. The molecular weight excluding hydrogens is 366 g/mol. The summed E-state index contributed by atoms with van der Waals surface area (Å²) in [5, 5.41) is 3.17. The molecule has 2 heterocycles. The predicted molar refractivity (Wildman–Crippen MR) is 113 cm³/mol. The van der Waals surface area contributed by atoms with E-state index in [0.717, 1.165) is 34.5 Å². The third-order valence-electron chi connectivity index (χ3n) is 4.76. The molecule has 4 rings (SSSR count). The lowest BCUT2D eigenvalue weighted by molar-refractivity contribution is 0.100. The normalized spacial score (nSPS) is 10.8. The molecule has 0 aliphatic rings. The SMILES string of the molecule is CCc1cc2ncn(-c3ccc(C(N)=O)c(Nc4ccccc4)n3)c2cc1OC. The summed E-state index contributed by atoms with van der Waals surface area (Å²) in [5.74, 6) is 1.26. The van der Waals surface area contributed by atoms with Crippen molar-refractivity contribution in [2.45, 2.75) is 13.3 Å². The van der Waals surface area contributed by atoms with Crippen LogP contribution in [0.3, 0.4) is 0 Å². The highest BCUT2D eigenvalue weighted by atomic mass is 16.5. The molecule has 0 spiro atoms. The molecule has 0 aliphatic carbocycles. The molecular formula is C22H21N5O2. The van der Waals surface area contributed by atoms with Gasteiger partial charge < -0.3 is 15.8 Å². The predicted octanol–water partition coefficient (Wildman–Crippen LogP) is 3.83. The minimum atomic E-state index is -0.549. The van der Waals surface area contributed by atoms with Crippen molar-refractivity contribution < 1.29 is 9.53 Å². The van der Waals surface area contributed by atoms with Crippen molar-refractivity contribution in [3.8, 4) is 11.6 Å². The fourth-order valence-corrected chi connectivity index (χ4v) is 3.26. The van der Waals surface area contributed by atoms with Gasteiger partial charge in [0.05, 0.1) is 23.7 Å². The molecule has 29 heavy (non-hydrogen) atoms. The molecule has 0 fully saturated rings. The van der Waals surface area contributed by atoms with Crippen molar-refractivity contribution in [2.24, 2.45) is 5.73 Å². The largest absolute Gasteiger partial charge is 0.496 e. The first-order valence-corrected chi connectivity index (χ1v) is 9.28. The van der Waals surface area contributed by atoms with Gasteiger partial charge in [0.2, 0.25) is 0 Å². The Morgan fingerprint density at radius 1 is 1.17 bits per heavy atom. The summed E-state index contributed by atoms with van der Waals surface area (Å²) < 4.78 is 7.38. The molecule has 1 amide bonds. The number of methoxy groups -OCH3 is 1. The molecule has 2 aromatic carbocycles. The summed E-state index contributed by atoms with van der Waals surface area (Å²) in [4.78, 5) is 21.0. The number of nitrogens with two attached hydrogens (primary N) is 1. The number of imidazole rings is 1. The quantitative estimate of drug-likeness (QED) is 0.524. The maximum absolute atomic E-state index is 11.9. The van der Waals surface area contributed by atoms with Crippen molar-refractivity contribution in [2.75, 3.05) is 12.4 Å². The van der Waals surface area contributed by atoms with Crippen LogP contribution in [0.1, 0.15) is 22.8 Å². The lowest BCUT2D eigenvalue weighted by Crippen LogP contribution is -2.15. The number of aromatic nitrogens is 3. The fraction of sp³-hybridized carbons (Fsp3) is 0.136. The molecule has 7 nitrogen and oxygen atoms in total. The highest BCUT2D eigenvalue weighted by molar-refractivity contribution is 5.98. The van der Waals surface area contributed by atoms with Gasteiger partial charge >= 0.3 is 0 Å². The van der Waals surface area contributed by atoms with Gasteiger partial charge in [-0.2, -0.15) is 0 Å². The summed E-state index contributed by atoms with van der Waals surface area (Å²) in [7, 11) is 1.66. The molecule has 0 aliphatic heterocycles. The van der Waals surface area contributed by atoms with Gasteiger partial charge in [-0.15, -0.1) is 0 Å².